The number of terminal acetylenes is 1. The third-order valence-corrected chi connectivity index (χ3v) is 0.793. The van der Waals surface area contributed by atoms with Gasteiger partial charge in [-0.05, 0) is 0 Å². The zero-order valence-electron chi connectivity index (χ0n) is 6.41. The van der Waals surface area contributed by atoms with Gasteiger partial charge >= 0.3 is 0 Å². The molecule has 0 atom stereocenters. The molecule has 68 valence electrons. The summed E-state index contributed by atoms with van der Waals surface area (Å²) in [6.07, 6.45) is 4.88. The lowest BCUT2D eigenvalue weighted by atomic mass is 10.5. The van der Waals surface area contributed by atoms with Gasteiger partial charge in [0.15, 0.2) is 5.96 Å². The molecule has 0 aliphatic heterocycles. The van der Waals surface area contributed by atoms with Crippen molar-refractivity contribution < 1.29 is 4.79 Å². The van der Waals surface area contributed by atoms with Crippen molar-refractivity contribution in [1.29, 1.82) is 0 Å². The summed E-state index contributed by atoms with van der Waals surface area (Å²) in [4.78, 5) is 14.2. The fourth-order valence-electron chi connectivity index (χ4n) is 0.369. The van der Waals surface area contributed by atoms with E-state index >= 15 is 0 Å². The molecule has 0 aromatic carbocycles. The molecule has 0 heterocycles. The van der Waals surface area contributed by atoms with Gasteiger partial charge in [-0.15, -0.1) is 30.4 Å². The van der Waals surface area contributed by atoms with Crippen LogP contribution in [0.5, 0.6) is 0 Å². The molecular weight excluding hydrogens is 271 g/mol. The number of nitrogens with zero attached hydrogens (tertiary/aromatic N) is 1. The molecular formula is C6H11IN4O. The lowest BCUT2D eigenvalue weighted by Crippen LogP contribution is -2.29. The Hall–Kier alpha value is -0.970. The van der Waals surface area contributed by atoms with Crippen molar-refractivity contribution in [3.05, 3.63) is 0 Å². The van der Waals surface area contributed by atoms with Gasteiger partial charge in [0.05, 0.1) is 6.54 Å². The fourth-order valence-corrected chi connectivity index (χ4v) is 0.369. The maximum atomic E-state index is 10.7. The Morgan fingerprint density at radius 1 is 1.58 bits per heavy atom. The summed E-state index contributed by atoms with van der Waals surface area (Å²) >= 11 is 0. The Labute approximate surface area is 88.0 Å². The number of halogens is 1. The lowest BCUT2D eigenvalue weighted by Gasteiger charge is -1.96. The van der Waals surface area contributed by atoms with Crippen LogP contribution < -0.4 is 16.8 Å². The van der Waals surface area contributed by atoms with Gasteiger partial charge in [0, 0.05) is 0 Å². The van der Waals surface area contributed by atoms with Crippen molar-refractivity contribution in [3.63, 3.8) is 0 Å². The van der Waals surface area contributed by atoms with Gasteiger partial charge in [0.1, 0.15) is 6.54 Å². The highest BCUT2D eigenvalue weighted by molar-refractivity contribution is 14.0. The molecule has 1 amide bonds. The van der Waals surface area contributed by atoms with E-state index < -0.39 is 0 Å². The van der Waals surface area contributed by atoms with Crippen LogP contribution in [0.1, 0.15) is 0 Å². The Morgan fingerprint density at radius 2 is 2.17 bits per heavy atom. The number of amides is 1. The molecule has 12 heavy (non-hydrogen) atoms. The van der Waals surface area contributed by atoms with Crippen LogP contribution in [-0.2, 0) is 4.79 Å². The van der Waals surface area contributed by atoms with Gasteiger partial charge in [0.2, 0.25) is 5.91 Å². The van der Waals surface area contributed by atoms with Crippen molar-refractivity contribution in [1.82, 2.24) is 5.32 Å². The van der Waals surface area contributed by atoms with Gasteiger partial charge < -0.3 is 16.8 Å². The lowest BCUT2D eigenvalue weighted by molar-refractivity contribution is -0.119. The van der Waals surface area contributed by atoms with Crippen molar-refractivity contribution in [3.8, 4) is 12.3 Å². The Bertz CT molecular complexity index is 204. The molecule has 0 saturated heterocycles. The standard InChI is InChI=1S/C6H10N4O.HI/c1-2-3-9-5(11)4-10-6(7)8;/h1H,3-4H2,(H,9,11)(H4,7,8,10);1H. The monoisotopic (exact) mass is 282 g/mol. The average Bonchev–Trinajstić information content (AvgIpc) is 1.97. The third-order valence-electron chi connectivity index (χ3n) is 0.793. The topological polar surface area (TPSA) is 93.5 Å². The van der Waals surface area contributed by atoms with Crippen LogP contribution in [0.4, 0.5) is 0 Å². The summed E-state index contributed by atoms with van der Waals surface area (Å²) in [6, 6.07) is 0. The normalized spacial score (nSPS) is 7.25. The highest BCUT2D eigenvalue weighted by atomic mass is 127. The Balaban J connectivity index is 0. The largest absolute Gasteiger partial charge is 0.370 e. The summed E-state index contributed by atoms with van der Waals surface area (Å²) in [7, 11) is 0. The van der Waals surface area contributed by atoms with Gasteiger partial charge in [0.25, 0.3) is 0 Å². The number of carbonyl (C=O) groups excluding carboxylic acids is 1. The Morgan fingerprint density at radius 3 is 2.58 bits per heavy atom. The molecule has 5 N–H and O–H groups in total. The van der Waals surface area contributed by atoms with E-state index in [0.29, 0.717) is 0 Å². The van der Waals surface area contributed by atoms with Crippen molar-refractivity contribution in [2.24, 2.45) is 16.5 Å². The van der Waals surface area contributed by atoms with E-state index in [0.717, 1.165) is 0 Å². The minimum atomic E-state index is -0.295. The molecule has 0 bridgehead atoms. The first-order valence-corrected chi connectivity index (χ1v) is 2.92. The van der Waals surface area contributed by atoms with E-state index in [9.17, 15) is 4.79 Å². The van der Waals surface area contributed by atoms with Crippen LogP contribution in [0.25, 0.3) is 0 Å². The number of rotatable bonds is 3. The molecule has 0 aromatic rings. The second-order valence-corrected chi connectivity index (χ2v) is 1.72. The number of hydrogen-bond donors (Lipinski definition) is 3. The Kier molecular flexibility index (Phi) is 9.22. The van der Waals surface area contributed by atoms with Crippen LogP contribution >= 0.6 is 24.0 Å². The summed E-state index contributed by atoms with van der Waals surface area (Å²) < 4.78 is 0. The van der Waals surface area contributed by atoms with Crippen molar-refractivity contribution >= 4 is 35.8 Å². The van der Waals surface area contributed by atoms with Gasteiger partial charge in [-0.2, -0.15) is 0 Å². The number of carbonyl (C=O) groups is 1. The quantitative estimate of drug-likeness (QED) is 0.258. The second-order valence-electron chi connectivity index (χ2n) is 1.72. The number of nitrogens with one attached hydrogen (secondary N) is 1. The van der Waals surface area contributed by atoms with Gasteiger partial charge in [-0.3, -0.25) is 4.79 Å². The molecule has 0 unspecified atom stereocenters. The fraction of sp³-hybridized carbons (Fsp3) is 0.333. The molecule has 5 nitrogen and oxygen atoms in total. The van der Waals surface area contributed by atoms with Gasteiger partial charge in [-0.25, -0.2) is 4.99 Å². The summed E-state index contributed by atoms with van der Waals surface area (Å²) in [5.74, 6) is 1.84. The van der Waals surface area contributed by atoms with Crippen LogP contribution in [0.2, 0.25) is 0 Å². The van der Waals surface area contributed by atoms with E-state index in [1.54, 1.807) is 0 Å². The summed E-state index contributed by atoms with van der Waals surface area (Å²) in [6.45, 7) is 0.114. The zero-order chi connectivity index (χ0) is 8.69. The number of guanidine groups is 1. The molecule has 0 fully saturated rings. The number of hydrogen-bond acceptors (Lipinski definition) is 2. The average molecular weight is 282 g/mol. The molecule has 6 heteroatoms. The second kappa shape index (κ2) is 8.13. The molecule has 0 aromatic heterocycles. The van der Waals surface area contributed by atoms with Crippen LogP contribution in [0.15, 0.2) is 4.99 Å². The highest BCUT2D eigenvalue weighted by Gasteiger charge is 1.95. The highest BCUT2D eigenvalue weighted by Crippen LogP contribution is 1.68. The molecule has 0 rings (SSSR count). The SMILES string of the molecule is C#CCNC(=O)CN=C(N)N.I. The van der Waals surface area contributed by atoms with Crippen LogP contribution in [0.3, 0.4) is 0 Å². The minimum absolute atomic E-state index is 0. The first kappa shape index (κ1) is 13.6. The van der Waals surface area contributed by atoms with Gasteiger partial charge in [-0.1, -0.05) is 5.92 Å². The van der Waals surface area contributed by atoms with Crippen LogP contribution in [-0.4, -0.2) is 25.0 Å². The maximum absolute atomic E-state index is 10.7. The number of aliphatic imine (C=N–C) groups is 1. The molecule has 0 aliphatic rings. The third kappa shape index (κ3) is 9.03. The molecule has 0 saturated carbocycles. The van der Waals surface area contributed by atoms with Crippen LogP contribution in [0, 0.1) is 12.3 Å². The predicted octanol–water partition coefficient (Wildman–Crippen LogP) is -1.37. The van der Waals surface area contributed by atoms with E-state index in [1.165, 1.54) is 0 Å². The van der Waals surface area contributed by atoms with E-state index in [-0.39, 0.29) is 48.9 Å². The van der Waals surface area contributed by atoms with E-state index in [1.807, 2.05) is 0 Å². The smallest absolute Gasteiger partial charge is 0.242 e. The molecule has 0 spiro atoms. The minimum Gasteiger partial charge on any atom is -0.370 e. The van der Waals surface area contributed by atoms with E-state index in [4.69, 9.17) is 17.9 Å². The maximum Gasteiger partial charge on any atom is 0.242 e. The first-order valence-electron chi connectivity index (χ1n) is 2.92. The summed E-state index contributed by atoms with van der Waals surface area (Å²) in [5.41, 5.74) is 9.95. The van der Waals surface area contributed by atoms with Crippen molar-refractivity contribution in [2.45, 2.75) is 0 Å². The van der Waals surface area contributed by atoms with E-state index in [2.05, 4.69) is 16.2 Å². The molecule has 0 radical (unpaired) electrons. The number of nitrogens with two attached hydrogens (primary N) is 2. The summed E-state index contributed by atoms with van der Waals surface area (Å²) in [5, 5.41) is 2.39. The zero-order valence-corrected chi connectivity index (χ0v) is 8.74. The molecule has 0 aliphatic carbocycles. The van der Waals surface area contributed by atoms with Crippen molar-refractivity contribution in [2.75, 3.05) is 13.1 Å². The first-order chi connectivity index (χ1) is 5.16. The predicted molar refractivity (Wildman–Crippen MR) is 57.9 cm³/mol.